The summed E-state index contributed by atoms with van der Waals surface area (Å²) >= 11 is 0. The van der Waals surface area contributed by atoms with Gasteiger partial charge < -0.3 is 16.0 Å². The van der Waals surface area contributed by atoms with E-state index in [2.05, 4.69) is 21.5 Å². The van der Waals surface area contributed by atoms with Crippen LogP contribution < -0.4 is 11.5 Å². The summed E-state index contributed by atoms with van der Waals surface area (Å²) in [5.74, 6) is 1.20. The van der Waals surface area contributed by atoms with Gasteiger partial charge in [-0.25, -0.2) is 9.97 Å². The average molecular weight is 289 g/mol. The van der Waals surface area contributed by atoms with Crippen LogP contribution in [0.1, 0.15) is 43.3 Å². The Morgan fingerprint density at radius 1 is 1.29 bits per heavy atom. The molecule has 0 atom stereocenters. The van der Waals surface area contributed by atoms with E-state index in [1.165, 1.54) is 0 Å². The average Bonchev–Trinajstić information content (AvgIpc) is 2.76. The molecular weight excluding hydrogens is 266 g/mol. The van der Waals surface area contributed by atoms with Crippen LogP contribution in [0.5, 0.6) is 0 Å². The van der Waals surface area contributed by atoms with Gasteiger partial charge in [-0.15, -0.1) is 0 Å². The number of amides is 1. The van der Waals surface area contributed by atoms with Crippen LogP contribution in [0.2, 0.25) is 0 Å². The molecule has 2 heterocycles. The molecule has 21 heavy (non-hydrogen) atoms. The van der Waals surface area contributed by atoms with Crippen molar-refractivity contribution in [3.63, 3.8) is 0 Å². The van der Waals surface area contributed by atoms with Crippen molar-refractivity contribution >= 4 is 22.8 Å². The van der Waals surface area contributed by atoms with Crippen molar-refractivity contribution in [2.45, 2.75) is 53.0 Å². The largest absolute Gasteiger partial charge is 0.382 e. The van der Waals surface area contributed by atoms with E-state index < -0.39 is 0 Å². The molecule has 0 unspecified atom stereocenters. The minimum absolute atomic E-state index is 0.273. The van der Waals surface area contributed by atoms with Gasteiger partial charge >= 0.3 is 0 Å². The molecule has 0 radical (unpaired) electrons. The molecule has 0 aliphatic heterocycles. The first-order valence-electron chi connectivity index (χ1n) is 7.35. The summed E-state index contributed by atoms with van der Waals surface area (Å²) in [7, 11) is 0. The number of anilines is 1. The van der Waals surface area contributed by atoms with Crippen molar-refractivity contribution in [3.05, 3.63) is 17.1 Å². The van der Waals surface area contributed by atoms with Crippen molar-refractivity contribution in [1.82, 2.24) is 14.5 Å². The Morgan fingerprint density at radius 3 is 2.62 bits per heavy atom. The van der Waals surface area contributed by atoms with Gasteiger partial charge in [0.1, 0.15) is 11.3 Å². The molecule has 0 saturated carbocycles. The van der Waals surface area contributed by atoms with Crippen LogP contribution in [0.25, 0.3) is 11.0 Å². The number of nitrogens with zero attached hydrogens (tertiary/aromatic N) is 3. The second-order valence-electron chi connectivity index (χ2n) is 5.40. The molecule has 0 aromatic carbocycles. The minimum Gasteiger partial charge on any atom is -0.382 e. The van der Waals surface area contributed by atoms with Crippen molar-refractivity contribution in [2.75, 3.05) is 5.73 Å². The highest BCUT2D eigenvalue weighted by Gasteiger charge is 2.17. The fraction of sp³-hybridized carbons (Fsp3) is 0.533. The molecule has 2 aromatic rings. The Balaban J connectivity index is 2.52. The predicted octanol–water partition coefficient (Wildman–Crippen LogP) is 1.85. The van der Waals surface area contributed by atoms with Crippen molar-refractivity contribution in [1.29, 1.82) is 0 Å². The lowest BCUT2D eigenvalue weighted by atomic mass is 10.2. The molecule has 0 aliphatic rings. The molecule has 4 N–H and O–H groups in total. The summed E-state index contributed by atoms with van der Waals surface area (Å²) in [4.78, 5) is 20.0. The van der Waals surface area contributed by atoms with Crippen molar-refractivity contribution in [3.8, 4) is 0 Å². The highest BCUT2D eigenvalue weighted by molar-refractivity contribution is 5.88. The summed E-state index contributed by atoms with van der Waals surface area (Å²) in [6.07, 6.45) is 2.97. The number of hydrogen-bond donors (Lipinski definition) is 2. The number of hydrogen-bond acceptors (Lipinski definition) is 4. The second-order valence-corrected chi connectivity index (χ2v) is 5.40. The number of fused-ring (bicyclic) bond motifs is 1. The lowest BCUT2D eigenvalue weighted by Crippen LogP contribution is -2.12. The van der Waals surface area contributed by atoms with Crippen LogP contribution in [-0.2, 0) is 17.8 Å². The van der Waals surface area contributed by atoms with Crippen LogP contribution in [0.15, 0.2) is 0 Å². The van der Waals surface area contributed by atoms with E-state index in [9.17, 15) is 4.79 Å². The summed E-state index contributed by atoms with van der Waals surface area (Å²) in [5, 5.41) is 0. The molecule has 0 saturated heterocycles. The zero-order chi connectivity index (χ0) is 15.6. The Hall–Kier alpha value is -2.11. The molecule has 114 valence electrons. The zero-order valence-corrected chi connectivity index (χ0v) is 12.9. The molecule has 0 fully saturated rings. The number of pyridine rings is 1. The normalized spacial score (nSPS) is 11.2. The molecule has 2 rings (SSSR count). The Kier molecular flexibility index (Phi) is 4.45. The van der Waals surface area contributed by atoms with Crippen LogP contribution >= 0.6 is 0 Å². The molecule has 1 amide bonds. The van der Waals surface area contributed by atoms with Gasteiger partial charge in [0.2, 0.25) is 5.91 Å². The quantitative estimate of drug-likeness (QED) is 0.847. The third kappa shape index (κ3) is 2.99. The van der Waals surface area contributed by atoms with Gasteiger partial charge in [-0.1, -0.05) is 6.92 Å². The van der Waals surface area contributed by atoms with E-state index in [0.717, 1.165) is 47.5 Å². The topological polar surface area (TPSA) is 99.8 Å². The van der Waals surface area contributed by atoms with Crippen LogP contribution in [0.3, 0.4) is 0 Å². The van der Waals surface area contributed by atoms with E-state index in [-0.39, 0.29) is 5.91 Å². The number of rotatable bonds is 6. The van der Waals surface area contributed by atoms with Gasteiger partial charge in [-0.05, 0) is 32.3 Å². The summed E-state index contributed by atoms with van der Waals surface area (Å²) in [5.41, 5.74) is 15.1. The lowest BCUT2D eigenvalue weighted by molar-refractivity contribution is -0.118. The van der Waals surface area contributed by atoms with E-state index in [4.69, 9.17) is 11.5 Å². The SMILES string of the molecule is CCCc1nc2c(N)nc(C)c(C)c2n1CCCC(N)=O. The van der Waals surface area contributed by atoms with E-state index in [1.807, 2.05) is 13.8 Å². The number of nitrogens with two attached hydrogens (primary N) is 2. The molecule has 0 bridgehead atoms. The van der Waals surface area contributed by atoms with Gasteiger partial charge in [0.25, 0.3) is 0 Å². The van der Waals surface area contributed by atoms with Crippen LogP contribution in [0, 0.1) is 13.8 Å². The van der Waals surface area contributed by atoms with Gasteiger partial charge in [0.15, 0.2) is 5.82 Å². The maximum atomic E-state index is 10.9. The van der Waals surface area contributed by atoms with E-state index >= 15 is 0 Å². The highest BCUT2D eigenvalue weighted by atomic mass is 16.1. The maximum absolute atomic E-state index is 10.9. The van der Waals surface area contributed by atoms with Crippen molar-refractivity contribution in [2.24, 2.45) is 5.73 Å². The van der Waals surface area contributed by atoms with Crippen LogP contribution in [0.4, 0.5) is 5.82 Å². The summed E-state index contributed by atoms with van der Waals surface area (Å²) < 4.78 is 2.17. The van der Waals surface area contributed by atoms with Gasteiger partial charge in [-0.3, -0.25) is 4.79 Å². The molecule has 0 aliphatic carbocycles. The maximum Gasteiger partial charge on any atom is 0.217 e. The Bertz CT molecular complexity index is 674. The smallest absolute Gasteiger partial charge is 0.217 e. The highest BCUT2D eigenvalue weighted by Crippen LogP contribution is 2.26. The Labute approximate surface area is 124 Å². The third-order valence-electron chi connectivity index (χ3n) is 3.75. The number of imidazole rings is 1. The van der Waals surface area contributed by atoms with Gasteiger partial charge in [0.05, 0.1) is 5.52 Å². The van der Waals surface area contributed by atoms with Crippen LogP contribution in [-0.4, -0.2) is 20.4 Å². The number of carbonyl (C=O) groups is 1. The predicted molar refractivity (Wildman–Crippen MR) is 83.8 cm³/mol. The third-order valence-corrected chi connectivity index (χ3v) is 3.75. The fourth-order valence-corrected chi connectivity index (χ4v) is 2.61. The van der Waals surface area contributed by atoms with Crippen molar-refractivity contribution < 1.29 is 4.79 Å². The lowest BCUT2D eigenvalue weighted by Gasteiger charge is -2.11. The number of aryl methyl sites for hydroxylation is 4. The summed E-state index contributed by atoms with van der Waals surface area (Å²) in [6, 6.07) is 0. The summed E-state index contributed by atoms with van der Waals surface area (Å²) in [6.45, 7) is 6.82. The number of carbonyl (C=O) groups excluding carboxylic acids is 1. The molecule has 6 nitrogen and oxygen atoms in total. The number of primary amides is 1. The first-order valence-corrected chi connectivity index (χ1v) is 7.35. The van der Waals surface area contributed by atoms with E-state index in [1.54, 1.807) is 0 Å². The fourth-order valence-electron chi connectivity index (χ4n) is 2.61. The first-order chi connectivity index (χ1) is 9.95. The standard InChI is InChI=1S/C15H23N5O/c1-4-6-12-19-13-14(9(2)10(3)18-15(13)17)20(12)8-5-7-11(16)21/h4-8H2,1-3H3,(H2,16,21)(H2,17,18). The number of nitrogen functional groups attached to an aromatic ring is 1. The molecular formula is C15H23N5O. The minimum atomic E-state index is -0.273. The molecule has 6 heteroatoms. The van der Waals surface area contributed by atoms with Gasteiger partial charge in [-0.2, -0.15) is 0 Å². The Morgan fingerprint density at radius 2 is 2.00 bits per heavy atom. The van der Waals surface area contributed by atoms with Gasteiger partial charge in [0, 0.05) is 25.1 Å². The second kappa shape index (κ2) is 6.11. The molecule has 0 spiro atoms. The first kappa shape index (κ1) is 15.3. The number of aromatic nitrogens is 3. The zero-order valence-electron chi connectivity index (χ0n) is 12.9. The van der Waals surface area contributed by atoms with E-state index in [0.29, 0.717) is 18.7 Å². The molecule has 2 aromatic heterocycles. The monoisotopic (exact) mass is 289 g/mol.